The van der Waals surface area contributed by atoms with Crippen LogP contribution in [0.3, 0.4) is 0 Å². The lowest BCUT2D eigenvalue weighted by Gasteiger charge is -2.07. The number of aryl methyl sites for hydroxylation is 1. The number of rotatable bonds is 3. The van der Waals surface area contributed by atoms with Crippen molar-refractivity contribution in [1.29, 1.82) is 0 Å². The van der Waals surface area contributed by atoms with E-state index in [0.29, 0.717) is 22.1 Å². The minimum Gasteiger partial charge on any atom is -0.328 e. The van der Waals surface area contributed by atoms with Gasteiger partial charge in [0.05, 0.1) is 10.6 Å². The van der Waals surface area contributed by atoms with E-state index >= 15 is 0 Å². The van der Waals surface area contributed by atoms with E-state index in [1.165, 1.54) is 12.1 Å². The molecular weight excluding hydrogens is 306 g/mol. The smallest absolute Gasteiger partial charge is 0.261 e. The van der Waals surface area contributed by atoms with Gasteiger partial charge in [0.25, 0.3) is 9.05 Å². The zero-order valence-electron chi connectivity index (χ0n) is 7.62. The molecule has 1 aromatic rings. The summed E-state index contributed by atoms with van der Waals surface area (Å²) in [6, 6.07) is 2.87. The number of carbonyl (C=O) groups excluding carboxylic acids is 1. The summed E-state index contributed by atoms with van der Waals surface area (Å²) in [6.07, 6.45) is 0.508. The van der Waals surface area contributed by atoms with Crippen molar-refractivity contribution in [3.8, 4) is 0 Å². The second-order valence-electron chi connectivity index (χ2n) is 2.80. The van der Waals surface area contributed by atoms with Crippen LogP contribution in [0.15, 0.2) is 21.5 Å². The maximum absolute atomic E-state index is 11.1. The summed E-state index contributed by atoms with van der Waals surface area (Å²) < 4.78 is 22.7. The molecule has 0 bridgehead atoms. The molecule has 0 atom stereocenters. The quantitative estimate of drug-likeness (QED) is 0.688. The molecule has 0 heterocycles. The zero-order chi connectivity index (χ0) is 11.6. The van der Waals surface area contributed by atoms with Crippen molar-refractivity contribution in [2.45, 2.75) is 11.8 Å². The summed E-state index contributed by atoms with van der Waals surface area (Å²) in [6.45, 7) is 1.59. The number of nitrogens with one attached hydrogen (secondary N) is 1. The van der Waals surface area contributed by atoms with E-state index < -0.39 is 9.05 Å². The molecule has 0 aromatic heterocycles. The van der Waals surface area contributed by atoms with E-state index in [9.17, 15) is 13.2 Å². The molecule has 0 saturated carbocycles. The third-order valence-electron chi connectivity index (χ3n) is 1.74. The van der Waals surface area contributed by atoms with Gasteiger partial charge in [0, 0.05) is 15.2 Å². The van der Waals surface area contributed by atoms with Crippen molar-refractivity contribution >= 4 is 47.8 Å². The number of anilines is 1. The Morgan fingerprint density at radius 2 is 2.07 bits per heavy atom. The molecule has 0 radical (unpaired) electrons. The highest BCUT2D eigenvalue weighted by Gasteiger charge is 2.15. The predicted molar refractivity (Wildman–Crippen MR) is 61.6 cm³/mol. The molecule has 0 spiro atoms. The number of halogens is 2. The van der Waals surface area contributed by atoms with Crippen LogP contribution in [-0.4, -0.2) is 14.8 Å². The summed E-state index contributed by atoms with van der Waals surface area (Å²) >= 11 is 3.13. The maximum Gasteiger partial charge on any atom is 0.261 e. The summed E-state index contributed by atoms with van der Waals surface area (Å²) in [5.74, 6) is 0. The molecule has 0 aliphatic heterocycles. The van der Waals surface area contributed by atoms with Gasteiger partial charge in [-0.2, -0.15) is 0 Å². The van der Waals surface area contributed by atoms with Crippen molar-refractivity contribution in [3.63, 3.8) is 0 Å². The topological polar surface area (TPSA) is 63.2 Å². The first-order chi connectivity index (χ1) is 6.86. The second-order valence-corrected chi connectivity index (χ2v) is 6.19. The van der Waals surface area contributed by atoms with E-state index in [2.05, 4.69) is 21.2 Å². The summed E-state index contributed by atoms with van der Waals surface area (Å²) in [7, 11) is 1.47. The molecule has 82 valence electrons. The normalized spacial score (nSPS) is 11.1. The van der Waals surface area contributed by atoms with Crippen LogP contribution >= 0.6 is 26.6 Å². The van der Waals surface area contributed by atoms with Gasteiger partial charge in [-0.25, -0.2) is 8.42 Å². The molecule has 4 nitrogen and oxygen atoms in total. The lowest BCUT2D eigenvalue weighted by molar-refractivity contribution is -0.105. The third kappa shape index (κ3) is 2.93. The maximum atomic E-state index is 11.1. The molecule has 7 heteroatoms. The second kappa shape index (κ2) is 4.51. The Morgan fingerprint density at radius 3 is 2.53 bits per heavy atom. The minimum absolute atomic E-state index is 0.0208. The number of benzene rings is 1. The predicted octanol–water partition coefficient (Wildman–Crippen LogP) is 2.25. The van der Waals surface area contributed by atoms with Crippen LogP contribution < -0.4 is 5.32 Å². The van der Waals surface area contributed by atoms with E-state index in [-0.39, 0.29) is 4.90 Å². The fraction of sp³-hybridized carbons (Fsp3) is 0.125. The molecule has 1 amide bonds. The zero-order valence-corrected chi connectivity index (χ0v) is 10.8. The number of amides is 1. The first kappa shape index (κ1) is 12.5. The molecular formula is C8H7BrClNO3S. The monoisotopic (exact) mass is 311 g/mol. The molecule has 0 unspecified atom stereocenters. The largest absolute Gasteiger partial charge is 0.328 e. The van der Waals surface area contributed by atoms with Crippen LogP contribution in [0.25, 0.3) is 0 Å². The van der Waals surface area contributed by atoms with Gasteiger partial charge in [-0.1, -0.05) is 0 Å². The lowest BCUT2D eigenvalue weighted by atomic mass is 10.2. The number of carbonyl (C=O) groups is 1. The SMILES string of the molecule is Cc1cc(NC=O)c(Br)cc1S(=O)(=O)Cl. The first-order valence-corrected chi connectivity index (χ1v) is 6.91. The van der Waals surface area contributed by atoms with Crippen LogP contribution in [0, 0.1) is 6.92 Å². The van der Waals surface area contributed by atoms with Crippen LogP contribution in [-0.2, 0) is 13.8 Å². The van der Waals surface area contributed by atoms with Gasteiger partial charge in [-0.15, -0.1) is 0 Å². The van der Waals surface area contributed by atoms with Crippen molar-refractivity contribution in [3.05, 3.63) is 22.2 Å². The highest BCUT2D eigenvalue weighted by atomic mass is 79.9. The fourth-order valence-corrected chi connectivity index (χ4v) is 2.91. The third-order valence-corrected chi connectivity index (χ3v) is 3.86. The highest BCUT2D eigenvalue weighted by molar-refractivity contribution is 9.10. The van der Waals surface area contributed by atoms with Crippen molar-refractivity contribution in [2.24, 2.45) is 0 Å². The molecule has 0 saturated heterocycles. The molecule has 0 aliphatic rings. The van der Waals surface area contributed by atoms with Gasteiger partial charge in [0.1, 0.15) is 0 Å². The fourth-order valence-electron chi connectivity index (χ4n) is 1.10. The van der Waals surface area contributed by atoms with Gasteiger partial charge in [0.2, 0.25) is 6.41 Å². The Bertz CT molecular complexity index is 501. The molecule has 0 fully saturated rings. The van der Waals surface area contributed by atoms with E-state index in [1.54, 1.807) is 6.92 Å². The van der Waals surface area contributed by atoms with Gasteiger partial charge >= 0.3 is 0 Å². The van der Waals surface area contributed by atoms with Gasteiger partial charge < -0.3 is 5.32 Å². The van der Waals surface area contributed by atoms with Crippen molar-refractivity contribution in [2.75, 3.05) is 5.32 Å². The average molecular weight is 313 g/mol. The van der Waals surface area contributed by atoms with Crippen LogP contribution in [0.5, 0.6) is 0 Å². The van der Waals surface area contributed by atoms with E-state index in [4.69, 9.17) is 10.7 Å². The summed E-state index contributed by atoms with van der Waals surface area (Å²) in [5.41, 5.74) is 0.962. The number of hydrogen-bond donors (Lipinski definition) is 1. The Hall–Kier alpha value is -0.590. The highest BCUT2D eigenvalue weighted by Crippen LogP contribution is 2.30. The van der Waals surface area contributed by atoms with Crippen LogP contribution in [0.2, 0.25) is 0 Å². The van der Waals surface area contributed by atoms with Crippen LogP contribution in [0.1, 0.15) is 5.56 Å². The van der Waals surface area contributed by atoms with Gasteiger partial charge in [-0.05, 0) is 40.5 Å². The Morgan fingerprint density at radius 1 is 1.47 bits per heavy atom. The van der Waals surface area contributed by atoms with Gasteiger partial charge in [-0.3, -0.25) is 4.79 Å². The molecule has 1 N–H and O–H groups in total. The minimum atomic E-state index is -3.76. The lowest BCUT2D eigenvalue weighted by Crippen LogP contribution is -1.99. The number of hydrogen-bond acceptors (Lipinski definition) is 3. The molecule has 15 heavy (non-hydrogen) atoms. The standard InChI is InChI=1S/C8H7BrClNO3S/c1-5-2-7(11-4-12)6(9)3-8(5)15(10,13)14/h2-4H,1H3,(H,11,12). The summed E-state index contributed by atoms with van der Waals surface area (Å²) in [4.78, 5) is 10.3. The van der Waals surface area contributed by atoms with E-state index in [0.717, 1.165) is 0 Å². The Labute approximate surface area is 100 Å². The molecule has 1 rings (SSSR count). The summed E-state index contributed by atoms with van der Waals surface area (Å²) in [5, 5.41) is 2.43. The molecule has 1 aromatic carbocycles. The first-order valence-electron chi connectivity index (χ1n) is 3.81. The Balaban J connectivity index is 3.38. The average Bonchev–Trinajstić information content (AvgIpc) is 2.09. The molecule has 0 aliphatic carbocycles. The van der Waals surface area contributed by atoms with Crippen LogP contribution in [0.4, 0.5) is 5.69 Å². The van der Waals surface area contributed by atoms with E-state index in [1.807, 2.05) is 0 Å². The van der Waals surface area contributed by atoms with Crippen molar-refractivity contribution in [1.82, 2.24) is 0 Å². The van der Waals surface area contributed by atoms with Gasteiger partial charge in [0.15, 0.2) is 0 Å². The Kier molecular flexibility index (Phi) is 3.75. The van der Waals surface area contributed by atoms with Crippen molar-refractivity contribution < 1.29 is 13.2 Å².